The molecule has 0 aromatic heterocycles. The zero-order chi connectivity index (χ0) is 8.69. The van der Waals surface area contributed by atoms with Gasteiger partial charge in [0.25, 0.3) is 0 Å². The molecule has 0 fully saturated rings. The van der Waals surface area contributed by atoms with Crippen LogP contribution in [0, 0.1) is 18.3 Å². The molecule has 2 nitrogen and oxygen atoms in total. The van der Waals surface area contributed by atoms with Gasteiger partial charge in [-0.2, -0.15) is 0 Å². The molecule has 0 heterocycles. The highest BCUT2D eigenvalue weighted by atomic mass is 16.5. The molecular formula is C9H14O2. The molecule has 0 radical (unpaired) electrons. The van der Waals surface area contributed by atoms with E-state index < -0.39 is 0 Å². The molecular weight excluding hydrogens is 140 g/mol. The minimum atomic E-state index is 0.122. The molecule has 0 aromatic rings. The Morgan fingerprint density at radius 2 is 2.36 bits per heavy atom. The van der Waals surface area contributed by atoms with Gasteiger partial charge in [-0.05, 0) is 5.92 Å². The van der Waals surface area contributed by atoms with Gasteiger partial charge < -0.3 is 4.74 Å². The van der Waals surface area contributed by atoms with Gasteiger partial charge in [0.1, 0.15) is 5.78 Å². The van der Waals surface area contributed by atoms with Crippen molar-refractivity contribution in [1.82, 2.24) is 0 Å². The number of methoxy groups -OCH3 is 1. The topological polar surface area (TPSA) is 26.3 Å². The van der Waals surface area contributed by atoms with Crippen molar-refractivity contribution in [3.8, 4) is 12.3 Å². The van der Waals surface area contributed by atoms with Crippen molar-refractivity contribution in [3.63, 3.8) is 0 Å². The van der Waals surface area contributed by atoms with Crippen LogP contribution in [-0.2, 0) is 9.53 Å². The van der Waals surface area contributed by atoms with Crippen LogP contribution in [0.25, 0.3) is 0 Å². The maximum Gasteiger partial charge on any atom is 0.145 e. The van der Waals surface area contributed by atoms with E-state index in [9.17, 15) is 4.79 Å². The van der Waals surface area contributed by atoms with E-state index in [0.717, 1.165) is 0 Å². The lowest BCUT2D eigenvalue weighted by molar-refractivity contribution is -0.119. The first-order valence-corrected chi connectivity index (χ1v) is 3.64. The zero-order valence-corrected chi connectivity index (χ0v) is 7.09. The van der Waals surface area contributed by atoms with E-state index in [2.05, 4.69) is 5.92 Å². The number of carbonyl (C=O) groups is 1. The van der Waals surface area contributed by atoms with Crippen LogP contribution in [0.3, 0.4) is 0 Å². The molecule has 1 atom stereocenters. The summed E-state index contributed by atoms with van der Waals surface area (Å²) in [6, 6.07) is 0. The van der Waals surface area contributed by atoms with Crippen LogP contribution in [0.15, 0.2) is 0 Å². The Bertz CT molecular complexity index is 155. The number of Topliss-reactive ketones (excluding diaryl/α,β-unsaturated/α-hetero) is 1. The quantitative estimate of drug-likeness (QED) is 0.557. The Hall–Kier alpha value is -0.810. The van der Waals surface area contributed by atoms with Crippen molar-refractivity contribution in [3.05, 3.63) is 0 Å². The predicted octanol–water partition coefficient (Wildman–Crippen LogP) is 1.25. The highest BCUT2D eigenvalue weighted by Gasteiger charge is 2.06. The largest absolute Gasteiger partial charge is 0.384 e. The summed E-state index contributed by atoms with van der Waals surface area (Å²) in [6.07, 6.45) is 5.75. The summed E-state index contributed by atoms with van der Waals surface area (Å²) in [5.74, 6) is 2.73. The van der Waals surface area contributed by atoms with E-state index >= 15 is 0 Å². The van der Waals surface area contributed by atoms with E-state index in [4.69, 9.17) is 11.2 Å². The van der Waals surface area contributed by atoms with Gasteiger partial charge in [0.15, 0.2) is 0 Å². The number of terminal acetylenes is 1. The lowest BCUT2D eigenvalue weighted by atomic mass is 10.0. The minimum Gasteiger partial charge on any atom is -0.384 e. The van der Waals surface area contributed by atoms with Gasteiger partial charge in [0, 0.05) is 20.1 Å². The van der Waals surface area contributed by atoms with Crippen molar-refractivity contribution < 1.29 is 9.53 Å². The average molecular weight is 154 g/mol. The van der Waals surface area contributed by atoms with Gasteiger partial charge >= 0.3 is 0 Å². The van der Waals surface area contributed by atoms with E-state index in [1.165, 1.54) is 0 Å². The number of ether oxygens (including phenoxy) is 1. The third kappa shape index (κ3) is 5.63. The Morgan fingerprint density at radius 3 is 2.82 bits per heavy atom. The van der Waals surface area contributed by atoms with Crippen molar-refractivity contribution >= 4 is 5.78 Å². The van der Waals surface area contributed by atoms with E-state index in [-0.39, 0.29) is 18.1 Å². The monoisotopic (exact) mass is 154 g/mol. The molecule has 0 saturated carbocycles. The molecule has 0 bridgehead atoms. The van der Waals surface area contributed by atoms with Crippen LogP contribution < -0.4 is 0 Å². The van der Waals surface area contributed by atoms with Gasteiger partial charge in [-0.1, -0.05) is 12.8 Å². The van der Waals surface area contributed by atoms with Crippen LogP contribution in [0.2, 0.25) is 0 Å². The Kier molecular flexibility index (Phi) is 5.50. The molecule has 0 amide bonds. The molecule has 0 aromatic carbocycles. The lowest BCUT2D eigenvalue weighted by Crippen LogP contribution is -2.09. The van der Waals surface area contributed by atoms with Crippen molar-refractivity contribution in [1.29, 1.82) is 0 Å². The second-order valence-electron chi connectivity index (χ2n) is 2.68. The summed E-state index contributed by atoms with van der Waals surface area (Å²) >= 11 is 0. The van der Waals surface area contributed by atoms with Crippen molar-refractivity contribution in [2.75, 3.05) is 13.7 Å². The molecule has 0 aliphatic rings. The summed E-state index contributed by atoms with van der Waals surface area (Å²) in [5.41, 5.74) is 0. The Balaban J connectivity index is 3.50. The first kappa shape index (κ1) is 10.2. The van der Waals surface area contributed by atoms with Crippen LogP contribution >= 0.6 is 0 Å². The Morgan fingerprint density at radius 1 is 1.73 bits per heavy atom. The average Bonchev–Trinajstić information content (AvgIpc) is 1.87. The van der Waals surface area contributed by atoms with Crippen LogP contribution in [-0.4, -0.2) is 19.5 Å². The van der Waals surface area contributed by atoms with Gasteiger partial charge in [-0.15, -0.1) is 6.42 Å². The number of hydrogen-bond acceptors (Lipinski definition) is 2. The van der Waals surface area contributed by atoms with Gasteiger partial charge in [-0.3, -0.25) is 4.79 Å². The molecule has 0 saturated heterocycles. The highest BCUT2D eigenvalue weighted by Crippen LogP contribution is 2.03. The van der Waals surface area contributed by atoms with Gasteiger partial charge in [0.05, 0.1) is 6.42 Å². The second-order valence-corrected chi connectivity index (χ2v) is 2.68. The second kappa shape index (κ2) is 5.94. The van der Waals surface area contributed by atoms with Crippen LogP contribution in [0.5, 0.6) is 0 Å². The fourth-order valence-electron chi connectivity index (χ4n) is 0.918. The third-order valence-corrected chi connectivity index (χ3v) is 1.33. The summed E-state index contributed by atoms with van der Waals surface area (Å²) in [6.45, 7) is 2.59. The minimum absolute atomic E-state index is 0.122. The van der Waals surface area contributed by atoms with Crippen LogP contribution in [0.4, 0.5) is 0 Å². The number of rotatable bonds is 5. The SMILES string of the molecule is C#CCC(=O)CC(C)COC. The molecule has 0 aliphatic heterocycles. The predicted molar refractivity (Wildman–Crippen MR) is 44.1 cm³/mol. The smallest absolute Gasteiger partial charge is 0.145 e. The maximum atomic E-state index is 10.9. The summed E-state index contributed by atoms with van der Waals surface area (Å²) in [7, 11) is 1.63. The Labute approximate surface area is 67.9 Å². The first-order valence-electron chi connectivity index (χ1n) is 3.64. The molecule has 0 N–H and O–H groups in total. The van der Waals surface area contributed by atoms with E-state index in [1.54, 1.807) is 7.11 Å². The summed E-state index contributed by atoms with van der Waals surface area (Å²) in [5, 5.41) is 0. The number of ketones is 1. The molecule has 2 heteroatoms. The lowest BCUT2D eigenvalue weighted by Gasteiger charge is -2.06. The zero-order valence-electron chi connectivity index (χ0n) is 7.09. The maximum absolute atomic E-state index is 10.9. The van der Waals surface area contributed by atoms with E-state index in [0.29, 0.717) is 13.0 Å². The fraction of sp³-hybridized carbons (Fsp3) is 0.667. The molecule has 11 heavy (non-hydrogen) atoms. The summed E-state index contributed by atoms with van der Waals surface area (Å²) < 4.78 is 4.88. The van der Waals surface area contributed by atoms with Crippen molar-refractivity contribution in [2.24, 2.45) is 5.92 Å². The van der Waals surface area contributed by atoms with Crippen LogP contribution in [0.1, 0.15) is 19.8 Å². The number of hydrogen-bond donors (Lipinski definition) is 0. The highest BCUT2D eigenvalue weighted by molar-refractivity contribution is 5.80. The molecule has 1 unspecified atom stereocenters. The normalized spacial score (nSPS) is 12.1. The standard InChI is InChI=1S/C9H14O2/c1-4-5-9(10)6-8(2)7-11-3/h1,8H,5-7H2,2-3H3. The van der Waals surface area contributed by atoms with Crippen molar-refractivity contribution in [2.45, 2.75) is 19.8 Å². The molecule has 62 valence electrons. The summed E-state index contributed by atoms with van der Waals surface area (Å²) in [4.78, 5) is 10.9. The van der Waals surface area contributed by atoms with Gasteiger partial charge in [-0.25, -0.2) is 0 Å². The van der Waals surface area contributed by atoms with E-state index in [1.807, 2.05) is 6.92 Å². The third-order valence-electron chi connectivity index (χ3n) is 1.33. The molecule has 0 spiro atoms. The van der Waals surface area contributed by atoms with Gasteiger partial charge in [0.2, 0.25) is 0 Å². The first-order chi connectivity index (χ1) is 5.20. The molecule has 0 rings (SSSR count). The molecule has 0 aliphatic carbocycles. The fourth-order valence-corrected chi connectivity index (χ4v) is 0.918. The number of carbonyl (C=O) groups excluding carboxylic acids is 1.